The number of nitrogens with zero attached hydrogens (tertiary/aromatic N) is 3. The number of nitrogens with two attached hydrogens (primary N) is 1. The number of carbonyl (C=O) groups excluding carboxylic acids is 1. The Bertz CT molecular complexity index is 511. The van der Waals surface area contributed by atoms with Gasteiger partial charge >= 0.3 is 5.69 Å². The Morgan fingerprint density at radius 3 is 2.45 bits per heavy atom. The number of hydrogen-bond donors (Lipinski definition) is 2. The molecule has 0 aliphatic rings. The fraction of sp³-hybridized carbons (Fsp3) is 0.667. The number of carbonyl (C=O) groups is 1. The second kappa shape index (κ2) is 6.00. The van der Waals surface area contributed by atoms with Crippen molar-refractivity contribution in [2.45, 2.75) is 39.2 Å². The van der Waals surface area contributed by atoms with Gasteiger partial charge in [-0.1, -0.05) is 13.8 Å². The molecule has 0 atom stereocenters. The van der Waals surface area contributed by atoms with Crippen molar-refractivity contribution in [3.8, 4) is 0 Å². The van der Waals surface area contributed by atoms with Crippen LogP contribution in [-0.4, -0.2) is 32.7 Å². The van der Waals surface area contributed by atoms with Gasteiger partial charge < -0.3 is 11.1 Å². The van der Waals surface area contributed by atoms with Crippen LogP contribution in [0.2, 0.25) is 0 Å². The summed E-state index contributed by atoms with van der Waals surface area (Å²) in [6.45, 7) is 5.61. The average Bonchev–Trinajstić information content (AvgIpc) is 2.71. The predicted octanol–water partition coefficient (Wildman–Crippen LogP) is 0.884. The van der Waals surface area contributed by atoms with Gasteiger partial charge in [0.05, 0.1) is 10.5 Å². The molecule has 3 N–H and O–H groups in total. The lowest BCUT2D eigenvalue weighted by Gasteiger charge is -2.31. The van der Waals surface area contributed by atoms with E-state index in [1.165, 1.54) is 18.7 Å². The smallest absolute Gasteiger partial charge is 0.322 e. The van der Waals surface area contributed by atoms with Gasteiger partial charge in [0.15, 0.2) is 0 Å². The molecule has 0 spiro atoms. The van der Waals surface area contributed by atoms with E-state index in [0.29, 0.717) is 12.8 Å². The van der Waals surface area contributed by atoms with Crippen LogP contribution in [0.3, 0.4) is 0 Å². The van der Waals surface area contributed by atoms with Crippen LogP contribution in [0, 0.1) is 17.0 Å². The zero-order valence-electron chi connectivity index (χ0n) is 12.3. The minimum atomic E-state index is -0.584. The highest BCUT2D eigenvalue weighted by Gasteiger charge is 2.34. The molecule has 0 fully saturated rings. The standard InChI is InChI=1S/C12H21N5O3/c1-5-12(6-2,7-13)14-11(18)10-9(17(19)20)8(3)15-16(10)4/h5-7,13H2,1-4H3,(H,14,18). The van der Waals surface area contributed by atoms with Crippen molar-refractivity contribution < 1.29 is 9.72 Å². The number of nitrogens with one attached hydrogen (secondary N) is 1. The Kier molecular flexibility index (Phi) is 4.83. The summed E-state index contributed by atoms with van der Waals surface area (Å²) in [5.41, 5.74) is 5.08. The SMILES string of the molecule is CCC(CC)(CN)NC(=O)c1c([N+](=O)[O-])c(C)nn1C. The third-order valence-corrected chi connectivity index (χ3v) is 3.71. The minimum absolute atomic E-state index is 0.0489. The summed E-state index contributed by atoms with van der Waals surface area (Å²) in [6.07, 6.45) is 1.30. The fourth-order valence-corrected chi connectivity index (χ4v) is 2.19. The summed E-state index contributed by atoms with van der Waals surface area (Å²) >= 11 is 0. The minimum Gasteiger partial charge on any atom is -0.344 e. The van der Waals surface area contributed by atoms with Crippen LogP contribution in [0.15, 0.2) is 0 Å². The van der Waals surface area contributed by atoms with Gasteiger partial charge in [-0.2, -0.15) is 5.10 Å². The summed E-state index contributed by atoms with van der Waals surface area (Å²) in [5, 5.41) is 17.8. The topological polar surface area (TPSA) is 116 Å². The Morgan fingerprint density at radius 2 is 2.05 bits per heavy atom. The molecule has 1 rings (SSSR count). The molecule has 112 valence electrons. The molecule has 1 aromatic rings. The van der Waals surface area contributed by atoms with Crippen LogP contribution < -0.4 is 11.1 Å². The summed E-state index contributed by atoms with van der Waals surface area (Å²) < 4.78 is 1.23. The van der Waals surface area contributed by atoms with Gasteiger partial charge in [-0.3, -0.25) is 19.6 Å². The van der Waals surface area contributed by atoms with Crippen molar-refractivity contribution in [3.05, 3.63) is 21.5 Å². The van der Waals surface area contributed by atoms with Gasteiger partial charge in [-0.05, 0) is 19.8 Å². The molecule has 0 bridgehead atoms. The summed E-state index contributed by atoms with van der Waals surface area (Å²) in [7, 11) is 1.51. The van der Waals surface area contributed by atoms with Crippen LogP contribution in [0.5, 0.6) is 0 Å². The highest BCUT2D eigenvalue weighted by atomic mass is 16.6. The molecule has 1 aromatic heterocycles. The molecule has 0 aromatic carbocycles. The van der Waals surface area contributed by atoms with Gasteiger partial charge in [-0.25, -0.2) is 0 Å². The first-order valence-electron chi connectivity index (χ1n) is 6.52. The number of hydrogen-bond acceptors (Lipinski definition) is 5. The molecule has 0 radical (unpaired) electrons. The molecule has 0 aliphatic carbocycles. The van der Waals surface area contributed by atoms with Crippen LogP contribution in [0.4, 0.5) is 5.69 Å². The van der Waals surface area contributed by atoms with E-state index in [-0.39, 0.29) is 23.6 Å². The van der Waals surface area contributed by atoms with Crippen molar-refractivity contribution in [2.24, 2.45) is 12.8 Å². The molecule has 0 saturated heterocycles. The molecule has 1 amide bonds. The first-order valence-corrected chi connectivity index (χ1v) is 6.52. The van der Waals surface area contributed by atoms with Crippen molar-refractivity contribution in [2.75, 3.05) is 6.54 Å². The number of aromatic nitrogens is 2. The molecule has 8 heteroatoms. The molecule has 1 heterocycles. The molecular formula is C12H21N5O3. The Balaban J connectivity index is 3.19. The summed E-state index contributed by atoms with van der Waals surface area (Å²) in [4.78, 5) is 22.9. The van der Waals surface area contributed by atoms with Crippen LogP contribution >= 0.6 is 0 Å². The number of nitro groups is 1. The van der Waals surface area contributed by atoms with Crippen molar-refractivity contribution in [3.63, 3.8) is 0 Å². The normalized spacial score (nSPS) is 11.4. The third-order valence-electron chi connectivity index (χ3n) is 3.71. The molecule has 8 nitrogen and oxygen atoms in total. The maximum atomic E-state index is 12.4. The van der Waals surface area contributed by atoms with E-state index >= 15 is 0 Å². The Labute approximate surface area is 117 Å². The second-order valence-electron chi connectivity index (χ2n) is 4.81. The third kappa shape index (κ3) is 2.79. The molecular weight excluding hydrogens is 262 g/mol. The molecule has 0 unspecified atom stereocenters. The zero-order chi connectivity index (χ0) is 15.5. The zero-order valence-corrected chi connectivity index (χ0v) is 12.3. The second-order valence-corrected chi connectivity index (χ2v) is 4.81. The monoisotopic (exact) mass is 283 g/mol. The van der Waals surface area contributed by atoms with Gasteiger partial charge in [0.1, 0.15) is 5.69 Å². The average molecular weight is 283 g/mol. The number of amides is 1. The van der Waals surface area contributed by atoms with E-state index in [4.69, 9.17) is 5.73 Å². The predicted molar refractivity (Wildman–Crippen MR) is 74.4 cm³/mol. The number of rotatable bonds is 6. The molecule has 20 heavy (non-hydrogen) atoms. The molecule has 0 saturated carbocycles. The maximum Gasteiger partial charge on any atom is 0.322 e. The highest BCUT2D eigenvalue weighted by Crippen LogP contribution is 2.23. The lowest BCUT2D eigenvalue weighted by molar-refractivity contribution is -0.385. The van der Waals surface area contributed by atoms with Crippen molar-refractivity contribution >= 4 is 11.6 Å². The maximum absolute atomic E-state index is 12.4. The van der Waals surface area contributed by atoms with E-state index in [1.807, 2.05) is 13.8 Å². The van der Waals surface area contributed by atoms with Crippen molar-refractivity contribution in [1.29, 1.82) is 0 Å². The summed E-state index contributed by atoms with van der Waals surface area (Å²) in [5.74, 6) is -0.519. The molecule has 0 aliphatic heterocycles. The van der Waals surface area contributed by atoms with Crippen LogP contribution in [0.25, 0.3) is 0 Å². The van der Waals surface area contributed by atoms with Crippen molar-refractivity contribution in [1.82, 2.24) is 15.1 Å². The van der Waals surface area contributed by atoms with E-state index in [0.717, 1.165) is 0 Å². The largest absolute Gasteiger partial charge is 0.344 e. The van der Waals surface area contributed by atoms with Gasteiger partial charge in [0, 0.05) is 13.6 Å². The van der Waals surface area contributed by atoms with Gasteiger partial charge in [0.25, 0.3) is 5.91 Å². The number of aryl methyl sites for hydroxylation is 2. The van der Waals surface area contributed by atoms with Gasteiger partial charge in [-0.15, -0.1) is 0 Å². The van der Waals surface area contributed by atoms with E-state index in [9.17, 15) is 14.9 Å². The summed E-state index contributed by atoms with van der Waals surface area (Å²) in [6, 6.07) is 0. The van der Waals surface area contributed by atoms with Crippen LogP contribution in [0.1, 0.15) is 42.9 Å². The highest BCUT2D eigenvalue weighted by molar-refractivity contribution is 5.97. The Morgan fingerprint density at radius 1 is 1.50 bits per heavy atom. The van der Waals surface area contributed by atoms with E-state index in [1.54, 1.807) is 0 Å². The first kappa shape index (κ1) is 16.1. The fourth-order valence-electron chi connectivity index (χ4n) is 2.19. The Hall–Kier alpha value is -1.96. The van der Waals surface area contributed by atoms with E-state index < -0.39 is 16.4 Å². The van der Waals surface area contributed by atoms with E-state index in [2.05, 4.69) is 10.4 Å². The lowest BCUT2D eigenvalue weighted by Crippen LogP contribution is -2.53. The first-order chi connectivity index (χ1) is 9.31. The van der Waals surface area contributed by atoms with Crippen LogP contribution in [-0.2, 0) is 7.05 Å². The van der Waals surface area contributed by atoms with Gasteiger partial charge in [0.2, 0.25) is 5.69 Å². The quantitative estimate of drug-likeness (QED) is 0.594. The lowest BCUT2D eigenvalue weighted by atomic mass is 9.92.